The maximum Gasteiger partial charge on any atom is 0.215 e. The molecule has 0 aliphatic heterocycles. The van der Waals surface area contributed by atoms with Crippen LogP contribution in [0.3, 0.4) is 0 Å². The smallest absolute Gasteiger partial charge is 0.215 e. The molecular weight excluding hydrogens is 386 g/mol. The van der Waals surface area contributed by atoms with Crippen molar-refractivity contribution in [3.63, 3.8) is 0 Å². The first-order chi connectivity index (χ1) is 11.3. The highest BCUT2D eigenvalue weighted by molar-refractivity contribution is 8.93. The Labute approximate surface area is 154 Å². The number of rotatable bonds is 4. The van der Waals surface area contributed by atoms with Crippen molar-refractivity contribution < 1.29 is 4.79 Å². The molecule has 0 unspecified atom stereocenters. The first-order valence-electron chi connectivity index (χ1n) is 7.13. The lowest BCUT2D eigenvalue weighted by atomic mass is 10.1. The summed E-state index contributed by atoms with van der Waals surface area (Å²) in [5, 5.41) is 10.5. The fraction of sp³-hybridized carbons (Fsp3) is 0.0556. The molecule has 6 heteroatoms. The Bertz CT molecular complexity index is 913. The summed E-state index contributed by atoms with van der Waals surface area (Å²) in [5.41, 5.74) is 3.51. The van der Waals surface area contributed by atoms with Crippen LogP contribution in [0.5, 0.6) is 0 Å². The predicted octanol–water partition coefficient (Wildman–Crippen LogP) is 4.17. The van der Waals surface area contributed by atoms with Crippen molar-refractivity contribution >= 4 is 40.8 Å². The second-order valence-corrected chi connectivity index (χ2v) is 5.76. The summed E-state index contributed by atoms with van der Waals surface area (Å²) >= 11 is 1.53. The molecule has 1 aromatic heterocycles. The highest BCUT2D eigenvalue weighted by atomic mass is 79.9. The predicted molar refractivity (Wildman–Crippen MR) is 104 cm³/mol. The Kier molecular flexibility index (Phi) is 6.40. The highest BCUT2D eigenvalue weighted by Crippen LogP contribution is 2.10. The van der Waals surface area contributed by atoms with Gasteiger partial charge in [-0.05, 0) is 19.1 Å². The number of hydrogen-bond acceptors (Lipinski definition) is 4. The first-order valence-corrected chi connectivity index (χ1v) is 8.01. The average molecular weight is 402 g/mol. The third kappa shape index (κ3) is 3.96. The number of halogens is 1. The quantitative estimate of drug-likeness (QED) is 0.367. The molecule has 0 fully saturated rings. The number of para-hydroxylation sites is 1. The van der Waals surface area contributed by atoms with Crippen molar-refractivity contribution in [2.45, 2.75) is 6.92 Å². The van der Waals surface area contributed by atoms with Crippen LogP contribution >= 0.6 is 28.3 Å². The van der Waals surface area contributed by atoms with E-state index in [2.05, 4.69) is 10.2 Å². The van der Waals surface area contributed by atoms with Crippen LogP contribution in [0.15, 0.2) is 70.2 Å². The molecule has 1 heterocycles. The summed E-state index contributed by atoms with van der Waals surface area (Å²) in [6.07, 6.45) is 2.43. The molecule has 3 rings (SSSR count). The van der Waals surface area contributed by atoms with E-state index >= 15 is 0 Å². The number of carbonyl (C=O) groups excluding carboxylic acids is 1. The molecule has 0 radical (unpaired) electrons. The topological polar surface area (TPSA) is 46.7 Å². The van der Waals surface area contributed by atoms with Gasteiger partial charge in [-0.3, -0.25) is 9.36 Å². The van der Waals surface area contributed by atoms with Gasteiger partial charge in [-0.2, -0.15) is 5.10 Å². The van der Waals surface area contributed by atoms with E-state index in [1.807, 2.05) is 65.4 Å². The van der Waals surface area contributed by atoms with Crippen LogP contribution in [0.1, 0.15) is 21.6 Å². The van der Waals surface area contributed by atoms with Gasteiger partial charge in [-0.15, -0.1) is 33.4 Å². The molecule has 3 aromatic rings. The van der Waals surface area contributed by atoms with Crippen LogP contribution in [0, 0.1) is 6.92 Å². The van der Waals surface area contributed by atoms with Gasteiger partial charge in [0.05, 0.1) is 6.21 Å². The zero-order valence-corrected chi connectivity index (χ0v) is 15.5. The van der Waals surface area contributed by atoms with Crippen LogP contribution in [0.2, 0.25) is 0 Å². The zero-order chi connectivity index (χ0) is 16.1. The van der Waals surface area contributed by atoms with E-state index in [-0.39, 0.29) is 17.0 Å². The summed E-state index contributed by atoms with van der Waals surface area (Å²) in [4.78, 5) is 11.8. The summed E-state index contributed by atoms with van der Waals surface area (Å²) in [6, 6.07) is 17.3. The number of carbonyl (C=O) groups is 1. The second-order valence-electron chi connectivity index (χ2n) is 4.92. The minimum atomic E-state index is 0. The molecule has 24 heavy (non-hydrogen) atoms. The Hall–Kier alpha value is -2.31. The van der Waals surface area contributed by atoms with Gasteiger partial charge in [0.25, 0.3) is 0 Å². The van der Waals surface area contributed by atoms with Gasteiger partial charge >= 0.3 is 0 Å². The van der Waals surface area contributed by atoms with Gasteiger partial charge in [0.1, 0.15) is 0 Å². The van der Waals surface area contributed by atoms with Crippen molar-refractivity contribution in [2.75, 3.05) is 0 Å². The van der Waals surface area contributed by atoms with E-state index in [1.165, 1.54) is 11.3 Å². The Morgan fingerprint density at radius 2 is 1.67 bits per heavy atom. The standard InChI is InChI=1S/C18H15N3OS.BrH/c1-14-13-23-18(21(14)17-9-3-2-4-10-17)20-19-11-15-7-5-6-8-16(15)12-22;/h2-13H,1H3;1H. The summed E-state index contributed by atoms with van der Waals surface area (Å²) in [7, 11) is 0. The monoisotopic (exact) mass is 401 g/mol. The van der Waals surface area contributed by atoms with Crippen molar-refractivity contribution in [3.8, 4) is 5.69 Å². The molecule has 0 atom stereocenters. The fourth-order valence-corrected chi connectivity index (χ4v) is 3.06. The van der Waals surface area contributed by atoms with Crippen molar-refractivity contribution in [1.82, 2.24) is 4.57 Å². The van der Waals surface area contributed by atoms with E-state index in [1.54, 1.807) is 12.3 Å². The van der Waals surface area contributed by atoms with Gasteiger partial charge in [0.15, 0.2) is 6.29 Å². The normalized spacial score (nSPS) is 11.5. The largest absolute Gasteiger partial charge is 0.298 e. The number of aryl methyl sites for hydroxylation is 1. The molecule has 0 amide bonds. The highest BCUT2D eigenvalue weighted by Gasteiger charge is 2.03. The van der Waals surface area contributed by atoms with Crippen molar-refractivity contribution in [3.05, 3.63) is 81.6 Å². The summed E-state index contributed by atoms with van der Waals surface area (Å²) in [5.74, 6) is 0. The van der Waals surface area contributed by atoms with Crippen LogP contribution in [0.25, 0.3) is 5.69 Å². The first kappa shape index (κ1) is 18.0. The van der Waals surface area contributed by atoms with E-state index in [0.29, 0.717) is 5.56 Å². The molecule has 2 aromatic carbocycles. The Balaban J connectivity index is 0.00000208. The van der Waals surface area contributed by atoms with Crippen molar-refractivity contribution in [1.29, 1.82) is 0 Å². The third-order valence-corrected chi connectivity index (χ3v) is 4.29. The van der Waals surface area contributed by atoms with E-state index in [0.717, 1.165) is 28.0 Å². The van der Waals surface area contributed by atoms with Gasteiger partial charge in [-0.1, -0.05) is 42.5 Å². The molecule has 0 aliphatic rings. The third-order valence-electron chi connectivity index (χ3n) is 3.36. The van der Waals surface area contributed by atoms with Gasteiger partial charge in [0.2, 0.25) is 4.80 Å². The van der Waals surface area contributed by atoms with Gasteiger partial charge in [-0.25, -0.2) is 0 Å². The maximum absolute atomic E-state index is 11.0. The number of thiazole rings is 1. The van der Waals surface area contributed by atoms with Crippen LogP contribution in [-0.2, 0) is 0 Å². The van der Waals surface area contributed by atoms with E-state index in [4.69, 9.17) is 0 Å². The van der Waals surface area contributed by atoms with E-state index in [9.17, 15) is 4.79 Å². The van der Waals surface area contributed by atoms with Crippen LogP contribution in [0.4, 0.5) is 0 Å². The van der Waals surface area contributed by atoms with Crippen LogP contribution in [-0.4, -0.2) is 17.1 Å². The molecular formula is C18H16BrN3OS. The molecule has 0 saturated carbocycles. The fourth-order valence-electron chi connectivity index (χ4n) is 2.23. The van der Waals surface area contributed by atoms with E-state index < -0.39 is 0 Å². The summed E-state index contributed by atoms with van der Waals surface area (Å²) in [6.45, 7) is 2.04. The van der Waals surface area contributed by atoms with Gasteiger partial charge in [0, 0.05) is 27.9 Å². The number of benzene rings is 2. The summed E-state index contributed by atoms with van der Waals surface area (Å²) < 4.78 is 2.05. The Morgan fingerprint density at radius 3 is 2.38 bits per heavy atom. The number of aldehydes is 1. The minimum absolute atomic E-state index is 0. The lowest BCUT2D eigenvalue weighted by molar-refractivity contribution is 0.112. The van der Waals surface area contributed by atoms with Gasteiger partial charge < -0.3 is 0 Å². The van der Waals surface area contributed by atoms with Crippen LogP contribution < -0.4 is 4.80 Å². The zero-order valence-electron chi connectivity index (χ0n) is 13.0. The lowest BCUT2D eigenvalue weighted by Crippen LogP contribution is -2.13. The van der Waals surface area contributed by atoms with Crippen molar-refractivity contribution in [2.24, 2.45) is 10.2 Å². The minimum Gasteiger partial charge on any atom is -0.298 e. The molecule has 0 saturated heterocycles. The lowest BCUT2D eigenvalue weighted by Gasteiger charge is -2.04. The number of nitrogens with zero attached hydrogens (tertiary/aromatic N) is 3. The SMILES string of the molecule is Br.Cc1csc(=NN=Cc2ccccc2C=O)n1-c1ccccc1. The molecule has 0 aliphatic carbocycles. The maximum atomic E-state index is 11.0. The Morgan fingerprint density at radius 1 is 1.00 bits per heavy atom. The molecule has 4 nitrogen and oxygen atoms in total. The second kappa shape index (κ2) is 8.52. The number of hydrogen-bond donors (Lipinski definition) is 0. The molecule has 122 valence electrons. The molecule has 0 N–H and O–H groups in total. The number of aromatic nitrogens is 1. The average Bonchev–Trinajstić information content (AvgIpc) is 2.97. The molecule has 0 bridgehead atoms. The molecule has 0 spiro atoms.